The fourth-order valence-corrected chi connectivity index (χ4v) is 3.89. The molecule has 2 N–H and O–H groups in total. The molecule has 3 aromatic carbocycles. The standard InChI is InChI=1S/C22H16N4O3S/c23-15-17-14-18(30(27,28)26-22-24-12-13-25-22)10-11-20(17)29-21-9-5-4-8-19(21)16-6-2-1-3-7-16/h1-14H,(H2,24,25,26). The molecule has 1 heterocycles. The third kappa shape index (κ3) is 4.01. The van der Waals surface area contributed by atoms with Gasteiger partial charge in [-0.2, -0.15) is 5.26 Å². The number of aromatic nitrogens is 2. The van der Waals surface area contributed by atoms with Crippen LogP contribution in [0.3, 0.4) is 0 Å². The summed E-state index contributed by atoms with van der Waals surface area (Å²) in [5.41, 5.74) is 1.92. The van der Waals surface area contributed by atoms with E-state index >= 15 is 0 Å². The van der Waals surface area contributed by atoms with Crippen molar-refractivity contribution < 1.29 is 13.2 Å². The van der Waals surface area contributed by atoms with Crippen LogP contribution < -0.4 is 9.46 Å². The molecule has 4 rings (SSSR count). The molecule has 148 valence electrons. The number of anilines is 1. The minimum Gasteiger partial charge on any atom is -0.455 e. The summed E-state index contributed by atoms with van der Waals surface area (Å²) in [5, 5.41) is 9.57. The van der Waals surface area contributed by atoms with Crippen molar-refractivity contribution in [3.8, 4) is 28.7 Å². The van der Waals surface area contributed by atoms with Crippen LogP contribution in [0.4, 0.5) is 5.95 Å². The summed E-state index contributed by atoms with van der Waals surface area (Å²) in [5.74, 6) is 0.910. The Balaban J connectivity index is 1.67. The predicted molar refractivity (Wildman–Crippen MR) is 113 cm³/mol. The minimum atomic E-state index is -3.91. The number of H-pyrrole nitrogens is 1. The first-order valence-electron chi connectivity index (χ1n) is 8.95. The lowest BCUT2D eigenvalue weighted by molar-refractivity contribution is 0.482. The van der Waals surface area contributed by atoms with Crippen LogP contribution in [-0.2, 0) is 10.0 Å². The van der Waals surface area contributed by atoms with Crippen LogP contribution in [0.5, 0.6) is 11.5 Å². The molecule has 30 heavy (non-hydrogen) atoms. The van der Waals surface area contributed by atoms with Crippen LogP contribution in [0.25, 0.3) is 11.1 Å². The Bertz CT molecular complexity index is 1310. The largest absolute Gasteiger partial charge is 0.455 e. The predicted octanol–water partition coefficient (Wildman–Crippen LogP) is 4.54. The van der Waals surface area contributed by atoms with Crippen LogP contribution in [-0.4, -0.2) is 18.4 Å². The third-order valence-electron chi connectivity index (χ3n) is 4.30. The fraction of sp³-hybridized carbons (Fsp3) is 0. The van der Waals surface area contributed by atoms with Crippen LogP contribution >= 0.6 is 0 Å². The number of ether oxygens (including phenoxy) is 1. The molecule has 4 aromatic rings. The Labute approximate surface area is 173 Å². The summed E-state index contributed by atoms with van der Waals surface area (Å²) >= 11 is 0. The number of nitriles is 1. The van der Waals surface area contributed by atoms with Gasteiger partial charge in [0.1, 0.15) is 17.6 Å². The van der Waals surface area contributed by atoms with E-state index in [1.54, 1.807) is 6.07 Å². The highest BCUT2D eigenvalue weighted by Gasteiger charge is 2.18. The van der Waals surface area contributed by atoms with E-state index in [-0.39, 0.29) is 22.2 Å². The number of nitrogens with zero attached hydrogens (tertiary/aromatic N) is 2. The van der Waals surface area contributed by atoms with Gasteiger partial charge in [-0.25, -0.2) is 18.1 Å². The highest BCUT2D eigenvalue weighted by Crippen LogP contribution is 2.35. The molecule has 0 radical (unpaired) electrons. The Morgan fingerprint density at radius 3 is 2.47 bits per heavy atom. The average Bonchev–Trinajstić information content (AvgIpc) is 3.27. The average molecular weight is 416 g/mol. The van der Waals surface area contributed by atoms with Crippen molar-refractivity contribution in [3.63, 3.8) is 0 Å². The maximum Gasteiger partial charge on any atom is 0.264 e. The summed E-state index contributed by atoms with van der Waals surface area (Å²) in [6.07, 6.45) is 2.93. The maximum absolute atomic E-state index is 12.6. The lowest BCUT2D eigenvalue weighted by atomic mass is 10.0. The Morgan fingerprint density at radius 2 is 1.73 bits per heavy atom. The fourth-order valence-electron chi connectivity index (χ4n) is 2.89. The van der Waals surface area contributed by atoms with Crippen molar-refractivity contribution in [1.82, 2.24) is 9.97 Å². The number of benzene rings is 3. The topological polar surface area (TPSA) is 108 Å². The number of rotatable bonds is 6. The van der Waals surface area contributed by atoms with Crippen LogP contribution in [0, 0.1) is 11.3 Å². The number of hydrogen-bond donors (Lipinski definition) is 2. The van der Waals surface area contributed by atoms with Crippen LogP contribution in [0.2, 0.25) is 0 Å². The molecule has 7 nitrogen and oxygen atoms in total. The van der Waals surface area contributed by atoms with Gasteiger partial charge in [-0.05, 0) is 29.8 Å². The Morgan fingerprint density at radius 1 is 0.967 bits per heavy atom. The van der Waals surface area contributed by atoms with Crippen LogP contribution in [0.1, 0.15) is 5.56 Å². The molecule has 0 spiro atoms. The first-order valence-corrected chi connectivity index (χ1v) is 10.4. The number of hydrogen-bond acceptors (Lipinski definition) is 5. The van der Waals surface area contributed by atoms with Gasteiger partial charge in [0.05, 0.1) is 10.5 Å². The normalized spacial score (nSPS) is 10.9. The number of aromatic amines is 1. The van der Waals surface area contributed by atoms with E-state index in [1.165, 1.54) is 30.6 Å². The Hall–Kier alpha value is -4.09. The molecule has 0 amide bonds. The van der Waals surface area contributed by atoms with Crippen molar-refractivity contribution in [2.45, 2.75) is 4.90 Å². The zero-order valence-corrected chi connectivity index (χ0v) is 16.4. The first-order chi connectivity index (χ1) is 14.6. The molecule has 0 aliphatic carbocycles. The van der Waals surface area contributed by atoms with Gasteiger partial charge in [-0.15, -0.1) is 0 Å². The lowest BCUT2D eigenvalue weighted by Gasteiger charge is -2.13. The van der Waals surface area contributed by atoms with Crippen molar-refractivity contribution in [1.29, 1.82) is 5.26 Å². The maximum atomic E-state index is 12.6. The van der Waals surface area contributed by atoms with E-state index in [2.05, 4.69) is 14.7 Å². The van der Waals surface area contributed by atoms with E-state index in [0.717, 1.165) is 11.1 Å². The summed E-state index contributed by atoms with van der Waals surface area (Å²) < 4.78 is 33.4. The quantitative estimate of drug-likeness (QED) is 0.480. The van der Waals surface area contributed by atoms with E-state index in [4.69, 9.17) is 4.74 Å². The number of sulfonamides is 1. The lowest BCUT2D eigenvalue weighted by Crippen LogP contribution is -2.14. The SMILES string of the molecule is N#Cc1cc(S(=O)(=O)Nc2ncc[nH]2)ccc1Oc1ccccc1-c1ccccc1. The zero-order chi connectivity index (χ0) is 21.0. The van der Waals surface area contributed by atoms with Gasteiger partial charge < -0.3 is 9.72 Å². The molecular weight excluding hydrogens is 400 g/mol. The number of imidazole rings is 1. The molecule has 0 saturated carbocycles. The van der Waals surface area contributed by atoms with Gasteiger partial charge in [0.2, 0.25) is 5.95 Å². The molecule has 0 unspecified atom stereocenters. The second kappa shape index (κ2) is 8.11. The molecule has 1 aromatic heterocycles. The molecule has 8 heteroatoms. The number of para-hydroxylation sites is 1. The monoisotopic (exact) mass is 416 g/mol. The van der Waals surface area contributed by atoms with Crippen molar-refractivity contribution >= 4 is 16.0 Å². The van der Waals surface area contributed by atoms with E-state index in [0.29, 0.717) is 5.75 Å². The summed E-state index contributed by atoms with van der Waals surface area (Å²) in [4.78, 5) is 6.44. The van der Waals surface area contributed by atoms with Gasteiger partial charge >= 0.3 is 0 Å². The highest BCUT2D eigenvalue weighted by molar-refractivity contribution is 7.92. The Kier molecular flexibility index (Phi) is 5.20. The van der Waals surface area contributed by atoms with Gasteiger partial charge in [-0.3, -0.25) is 0 Å². The molecule has 0 fully saturated rings. The van der Waals surface area contributed by atoms with Gasteiger partial charge in [-0.1, -0.05) is 48.5 Å². The summed E-state index contributed by atoms with van der Waals surface area (Å²) in [6, 6.07) is 23.3. The van der Waals surface area contributed by atoms with Crippen molar-refractivity contribution in [2.24, 2.45) is 0 Å². The van der Waals surface area contributed by atoms with Gasteiger partial charge in [0.25, 0.3) is 10.0 Å². The molecule has 0 atom stereocenters. The van der Waals surface area contributed by atoms with E-state index in [9.17, 15) is 13.7 Å². The van der Waals surface area contributed by atoms with Crippen LogP contribution in [0.15, 0.2) is 90.1 Å². The molecule has 0 saturated heterocycles. The van der Waals surface area contributed by atoms with Gasteiger partial charge in [0.15, 0.2) is 0 Å². The second-order valence-electron chi connectivity index (χ2n) is 6.28. The highest BCUT2D eigenvalue weighted by atomic mass is 32.2. The molecular formula is C22H16N4O3S. The summed E-state index contributed by atoms with van der Waals surface area (Å²) in [6.45, 7) is 0. The molecule has 0 bridgehead atoms. The second-order valence-corrected chi connectivity index (χ2v) is 7.96. The van der Waals surface area contributed by atoms with E-state index < -0.39 is 10.0 Å². The van der Waals surface area contributed by atoms with E-state index in [1.807, 2.05) is 54.6 Å². The smallest absolute Gasteiger partial charge is 0.264 e. The number of nitrogens with one attached hydrogen (secondary N) is 2. The van der Waals surface area contributed by atoms with Gasteiger partial charge in [0, 0.05) is 18.0 Å². The third-order valence-corrected chi connectivity index (χ3v) is 5.64. The zero-order valence-electron chi connectivity index (χ0n) is 15.6. The molecule has 0 aliphatic rings. The minimum absolute atomic E-state index is 0.0702. The first kappa shape index (κ1) is 19.2. The van der Waals surface area contributed by atoms with Crippen molar-refractivity contribution in [2.75, 3.05) is 4.72 Å². The summed E-state index contributed by atoms with van der Waals surface area (Å²) in [7, 11) is -3.91. The molecule has 0 aliphatic heterocycles. The van der Waals surface area contributed by atoms with Crippen molar-refractivity contribution in [3.05, 3.63) is 90.8 Å².